The van der Waals surface area contributed by atoms with Crippen LogP contribution >= 0.6 is 11.3 Å². The summed E-state index contributed by atoms with van der Waals surface area (Å²) in [4.78, 5) is 5.14. The molecule has 7 heteroatoms. The Hall–Kier alpha value is -1.44. The van der Waals surface area contributed by atoms with Crippen LogP contribution in [-0.4, -0.2) is 19.4 Å². The van der Waals surface area contributed by atoms with Crippen molar-refractivity contribution >= 4 is 27.2 Å². The minimum Gasteiger partial charge on any atom is -0.310 e. The molecule has 2 rings (SSSR count). The number of nitrogens with one attached hydrogen (secondary N) is 2. The smallest absolute Gasteiger partial charge is 0.272 e. The van der Waals surface area contributed by atoms with Crippen molar-refractivity contribution in [1.29, 1.82) is 0 Å². The fraction of sp³-hybridized carbons (Fsp3) is 0.357. The molecule has 0 fully saturated rings. The van der Waals surface area contributed by atoms with Crippen LogP contribution < -0.4 is 10.0 Å². The number of anilines is 1. The number of hydrogen-bond donors (Lipinski definition) is 2. The molecule has 0 aliphatic heterocycles. The third-order valence-electron chi connectivity index (χ3n) is 2.71. The first-order valence-corrected chi connectivity index (χ1v) is 8.95. The molecule has 0 unspecified atom stereocenters. The third kappa shape index (κ3) is 4.52. The van der Waals surface area contributed by atoms with E-state index in [-0.39, 0.29) is 0 Å². The molecule has 0 atom stereocenters. The van der Waals surface area contributed by atoms with Crippen LogP contribution in [0.25, 0.3) is 0 Å². The summed E-state index contributed by atoms with van der Waals surface area (Å²) < 4.78 is 27.4. The molecule has 21 heavy (non-hydrogen) atoms. The zero-order valence-corrected chi connectivity index (χ0v) is 13.9. The van der Waals surface area contributed by atoms with Gasteiger partial charge in [0.05, 0.1) is 0 Å². The predicted octanol–water partition coefficient (Wildman–Crippen LogP) is 2.75. The van der Waals surface area contributed by atoms with E-state index in [0.29, 0.717) is 22.6 Å². The van der Waals surface area contributed by atoms with Gasteiger partial charge in [0.2, 0.25) is 0 Å². The van der Waals surface area contributed by atoms with Gasteiger partial charge in [0.25, 0.3) is 10.0 Å². The van der Waals surface area contributed by atoms with Crippen molar-refractivity contribution in [2.75, 3.05) is 4.72 Å². The maximum atomic E-state index is 12.3. The molecule has 2 N–H and O–H groups in total. The fourth-order valence-corrected chi connectivity index (χ4v) is 4.00. The summed E-state index contributed by atoms with van der Waals surface area (Å²) in [6.07, 6.45) is 0. The van der Waals surface area contributed by atoms with Crippen LogP contribution in [0.4, 0.5) is 5.82 Å². The molecule has 0 aliphatic carbocycles. The zero-order valence-electron chi connectivity index (χ0n) is 12.3. The Kier molecular flexibility index (Phi) is 4.97. The van der Waals surface area contributed by atoms with E-state index in [1.807, 2.05) is 19.1 Å². The number of aromatic nitrogens is 1. The molecular weight excluding hydrogens is 306 g/mol. The molecule has 114 valence electrons. The van der Waals surface area contributed by atoms with Gasteiger partial charge in [-0.05, 0) is 31.2 Å². The van der Waals surface area contributed by atoms with Gasteiger partial charge in [0.15, 0.2) is 0 Å². The van der Waals surface area contributed by atoms with E-state index < -0.39 is 10.0 Å². The lowest BCUT2D eigenvalue weighted by Gasteiger charge is -2.06. The zero-order chi connectivity index (χ0) is 15.5. The molecule has 0 amide bonds. The van der Waals surface area contributed by atoms with Crippen molar-refractivity contribution in [1.82, 2.24) is 10.3 Å². The van der Waals surface area contributed by atoms with E-state index in [2.05, 4.69) is 28.9 Å². The number of hydrogen-bond acceptors (Lipinski definition) is 5. The lowest BCUT2D eigenvalue weighted by molar-refractivity contribution is 0.593. The van der Waals surface area contributed by atoms with Gasteiger partial charge in [-0.3, -0.25) is 4.72 Å². The van der Waals surface area contributed by atoms with E-state index in [1.165, 1.54) is 11.3 Å². The molecule has 0 spiro atoms. The van der Waals surface area contributed by atoms with Gasteiger partial charge in [-0.1, -0.05) is 19.9 Å². The molecule has 0 saturated carbocycles. The second-order valence-electron chi connectivity index (χ2n) is 5.03. The monoisotopic (exact) mass is 325 g/mol. The second kappa shape index (κ2) is 6.55. The number of thiophene rings is 1. The van der Waals surface area contributed by atoms with Crippen LogP contribution in [0.1, 0.15) is 24.4 Å². The lowest BCUT2D eigenvalue weighted by Crippen LogP contribution is -2.21. The number of aryl methyl sites for hydroxylation is 1. The van der Waals surface area contributed by atoms with Gasteiger partial charge < -0.3 is 5.32 Å². The summed E-state index contributed by atoms with van der Waals surface area (Å²) in [5.41, 5.74) is 0.767. The fourth-order valence-electron chi connectivity index (χ4n) is 1.69. The van der Waals surface area contributed by atoms with Gasteiger partial charge in [0.1, 0.15) is 10.0 Å². The summed E-state index contributed by atoms with van der Waals surface area (Å²) in [6, 6.07) is 9.05. The maximum Gasteiger partial charge on any atom is 0.272 e. The first-order valence-electron chi connectivity index (χ1n) is 6.65. The summed E-state index contributed by atoms with van der Waals surface area (Å²) in [5.74, 6) is 0.338. The molecule has 2 aromatic heterocycles. The maximum absolute atomic E-state index is 12.3. The van der Waals surface area contributed by atoms with Crippen molar-refractivity contribution in [3.63, 3.8) is 0 Å². The summed E-state index contributed by atoms with van der Waals surface area (Å²) in [5, 5.41) is 3.27. The van der Waals surface area contributed by atoms with E-state index >= 15 is 0 Å². The third-order valence-corrected chi connectivity index (χ3v) is 5.65. The Balaban J connectivity index is 2.12. The normalized spacial score (nSPS) is 11.8. The summed E-state index contributed by atoms with van der Waals surface area (Å²) in [7, 11) is -3.57. The molecule has 0 bridgehead atoms. The molecule has 0 aliphatic rings. The Bertz CT molecular complexity index is 709. The van der Waals surface area contributed by atoms with E-state index in [0.717, 1.165) is 10.6 Å². The van der Waals surface area contributed by atoms with Crippen molar-refractivity contribution in [2.24, 2.45) is 0 Å². The molecule has 5 nitrogen and oxygen atoms in total. The van der Waals surface area contributed by atoms with Crippen LogP contribution in [0.15, 0.2) is 34.5 Å². The second-order valence-corrected chi connectivity index (χ2v) is 8.10. The first-order chi connectivity index (χ1) is 9.87. The van der Waals surface area contributed by atoms with Gasteiger partial charge in [-0.15, -0.1) is 11.3 Å². The van der Waals surface area contributed by atoms with Gasteiger partial charge in [0, 0.05) is 23.2 Å². The van der Waals surface area contributed by atoms with Crippen molar-refractivity contribution in [2.45, 2.75) is 37.6 Å². The quantitative estimate of drug-likeness (QED) is 0.857. The highest BCUT2D eigenvalue weighted by molar-refractivity contribution is 7.94. The first kappa shape index (κ1) is 15.9. The van der Waals surface area contributed by atoms with E-state index in [9.17, 15) is 8.42 Å². The van der Waals surface area contributed by atoms with Crippen LogP contribution in [0.2, 0.25) is 0 Å². The van der Waals surface area contributed by atoms with Gasteiger partial charge in [-0.25, -0.2) is 13.4 Å². The Morgan fingerprint density at radius 1 is 1.24 bits per heavy atom. The molecule has 2 aromatic rings. The topological polar surface area (TPSA) is 71.1 Å². The van der Waals surface area contributed by atoms with E-state index in [4.69, 9.17) is 0 Å². The number of nitrogens with zero attached hydrogens (tertiary/aromatic N) is 1. The Morgan fingerprint density at radius 2 is 2.00 bits per heavy atom. The summed E-state index contributed by atoms with van der Waals surface area (Å²) >= 11 is 1.26. The highest BCUT2D eigenvalue weighted by Gasteiger charge is 2.17. The minimum absolute atomic E-state index is 0.298. The average molecular weight is 325 g/mol. The molecular formula is C14H19N3O2S2. The van der Waals surface area contributed by atoms with E-state index in [1.54, 1.807) is 18.2 Å². The largest absolute Gasteiger partial charge is 0.310 e. The van der Waals surface area contributed by atoms with Crippen molar-refractivity contribution < 1.29 is 8.42 Å². The Labute approximate surface area is 129 Å². The minimum atomic E-state index is -3.57. The Morgan fingerprint density at radius 3 is 2.67 bits per heavy atom. The number of sulfonamides is 1. The van der Waals surface area contributed by atoms with Gasteiger partial charge in [-0.2, -0.15) is 0 Å². The number of pyridine rings is 1. The van der Waals surface area contributed by atoms with Gasteiger partial charge >= 0.3 is 0 Å². The van der Waals surface area contributed by atoms with Crippen LogP contribution in [0, 0.1) is 6.92 Å². The van der Waals surface area contributed by atoms with Crippen molar-refractivity contribution in [3.8, 4) is 0 Å². The molecule has 2 heterocycles. The lowest BCUT2D eigenvalue weighted by atomic mass is 10.4. The van der Waals surface area contributed by atoms with Crippen LogP contribution in [0.3, 0.4) is 0 Å². The standard InChI is InChI=1S/C14H19N3O2S2/c1-10(2)15-9-12-7-8-14(20-12)21(18,19)17-13-6-4-5-11(3)16-13/h4-8,10,15H,9H2,1-3H3,(H,16,17). The summed E-state index contributed by atoms with van der Waals surface area (Å²) in [6.45, 7) is 6.59. The number of rotatable bonds is 6. The van der Waals surface area contributed by atoms with Crippen LogP contribution in [0.5, 0.6) is 0 Å². The molecule has 0 saturated heterocycles. The van der Waals surface area contributed by atoms with Crippen molar-refractivity contribution in [3.05, 3.63) is 40.9 Å². The average Bonchev–Trinajstić information content (AvgIpc) is 2.85. The highest BCUT2D eigenvalue weighted by Crippen LogP contribution is 2.23. The SMILES string of the molecule is Cc1cccc(NS(=O)(=O)c2ccc(CNC(C)C)s2)n1. The molecule has 0 aromatic carbocycles. The molecule has 0 radical (unpaired) electrons. The van der Waals surface area contributed by atoms with Crippen LogP contribution in [-0.2, 0) is 16.6 Å². The predicted molar refractivity (Wildman–Crippen MR) is 86.1 cm³/mol. The highest BCUT2D eigenvalue weighted by atomic mass is 32.2.